The number of nitrogens with zero attached hydrogens (tertiary/aromatic N) is 3. The van der Waals surface area contributed by atoms with Crippen molar-refractivity contribution in [2.24, 2.45) is 0 Å². The van der Waals surface area contributed by atoms with Crippen LogP contribution in [0.4, 0.5) is 11.5 Å². The van der Waals surface area contributed by atoms with Crippen LogP contribution in [-0.4, -0.2) is 25.9 Å². The van der Waals surface area contributed by atoms with Gasteiger partial charge < -0.3 is 15.8 Å². The second-order valence-electron chi connectivity index (χ2n) is 7.61. The lowest BCUT2D eigenvalue weighted by molar-refractivity contribution is -0.111. The van der Waals surface area contributed by atoms with Crippen molar-refractivity contribution in [3.8, 4) is 28.4 Å². The molecule has 3 aromatic carbocycles. The van der Waals surface area contributed by atoms with Crippen molar-refractivity contribution in [1.29, 1.82) is 0 Å². The minimum atomic E-state index is -0.464. The number of para-hydroxylation sites is 1. The normalized spacial score (nSPS) is 10.7. The van der Waals surface area contributed by atoms with Gasteiger partial charge in [-0.25, -0.2) is 9.78 Å². The van der Waals surface area contributed by atoms with E-state index in [0.29, 0.717) is 34.0 Å². The number of nitrogen functional groups attached to an aromatic ring is 1. The highest BCUT2D eigenvalue weighted by molar-refractivity contribution is 6.01. The summed E-state index contributed by atoms with van der Waals surface area (Å²) in [5.74, 6) is 1.16. The number of carbonyl (C=O) groups excluding carboxylic acids is 1. The summed E-state index contributed by atoms with van der Waals surface area (Å²) < 4.78 is 7.50. The molecule has 0 unspecified atom stereocenters. The molecule has 0 aliphatic heterocycles. The number of benzene rings is 3. The molecule has 0 radical (unpaired) electrons. The number of fused-ring (bicyclic) bond motifs is 1. The van der Waals surface area contributed by atoms with Crippen molar-refractivity contribution in [3.05, 3.63) is 102 Å². The second-order valence-corrected chi connectivity index (χ2v) is 7.61. The zero-order valence-corrected chi connectivity index (χ0v) is 18.4. The molecule has 0 saturated carbocycles. The Hall–Kier alpha value is -5.18. The monoisotopic (exact) mass is 464 g/mol. The number of rotatable bonds is 6. The van der Waals surface area contributed by atoms with Gasteiger partial charge in [0, 0.05) is 11.3 Å². The number of carbonyl (C=O) groups is 1. The number of nitrogens with one attached hydrogen (secondary N) is 2. The van der Waals surface area contributed by atoms with E-state index in [1.165, 1.54) is 6.08 Å². The van der Waals surface area contributed by atoms with Gasteiger partial charge in [-0.15, -0.1) is 0 Å². The fraction of sp³-hybridized carbons (Fsp3) is 0. The van der Waals surface area contributed by atoms with Crippen molar-refractivity contribution in [3.63, 3.8) is 0 Å². The molecule has 0 bridgehead atoms. The molecule has 9 nitrogen and oxygen atoms in total. The SMILES string of the molecule is C=CC(=O)Nc1cccc(-n2nc3c(=O)[nH]nc(N)c3c2-c2ccc(Oc3ccccc3)cc2)c1. The van der Waals surface area contributed by atoms with Crippen molar-refractivity contribution >= 4 is 28.3 Å². The van der Waals surface area contributed by atoms with Gasteiger partial charge in [0.25, 0.3) is 5.56 Å². The third-order valence-electron chi connectivity index (χ3n) is 5.28. The minimum absolute atomic E-state index is 0.140. The first-order valence-corrected chi connectivity index (χ1v) is 10.7. The molecule has 0 saturated heterocycles. The Bertz CT molecular complexity index is 1600. The lowest BCUT2D eigenvalue weighted by Gasteiger charge is -2.11. The van der Waals surface area contributed by atoms with E-state index in [-0.39, 0.29) is 17.2 Å². The molecule has 0 spiro atoms. The lowest BCUT2D eigenvalue weighted by atomic mass is 10.1. The van der Waals surface area contributed by atoms with Gasteiger partial charge >= 0.3 is 0 Å². The first kappa shape index (κ1) is 21.7. The molecule has 172 valence electrons. The average molecular weight is 464 g/mol. The Morgan fingerprint density at radius 2 is 1.77 bits per heavy atom. The molecule has 0 atom stereocenters. The van der Waals surface area contributed by atoms with Crippen molar-refractivity contribution in [2.45, 2.75) is 0 Å². The first-order chi connectivity index (χ1) is 17.0. The number of amides is 1. The lowest BCUT2D eigenvalue weighted by Crippen LogP contribution is -2.10. The van der Waals surface area contributed by atoms with Crippen molar-refractivity contribution in [1.82, 2.24) is 20.0 Å². The van der Waals surface area contributed by atoms with E-state index < -0.39 is 5.56 Å². The number of anilines is 2. The van der Waals surface area contributed by atoms with E-state index in [9.17, 15) is 9.59 Å². The molecule has 35 heavy (non-hydrogen) atoms. The Balaban J connectivity index is 1.64. The highest BCUT2D eigenvalue weighted by Gasteiger charge is 2.20. The van der Waals surface area contributed by atoms with Gasteiger partial charge in [-0.3, -0.25) is 9.59 Å². The topological polar surface area (TPSA) is 128 Å². The highest BCUT2D eigenvalue weighted by atomic mass is 16.5. The van der Waals surface area contributed by atoms with Gasteiger partial charge in [0.05, 0.1) is 16.8 Å². The fourth-order valence-corrected chi connectivity index (χ4v) is 3.71. The van der Waals surface area contributed by atoms with Gasteiger partial charge in [-0.1, -0.05) is 30.8 Å². The van der Waals surface area contributed by atoms with Crippen LogP contribution in [0.1, 0.15) is 0 Å². The fourth-order valence-electron chi connectivity index (χ4n) is 3.71. The summed E-state index contributed by atoms with van der Waals surface area (Å²) >= 11 is 0. The van der Waals surface area contributed by atoms with E-state index >= 15 is 0 Å². The van der Waals surface area contributed by atoms with Crippen LogP contribution in [0.25, 0.3) is 27.8 Å². The summed E-state index contributed by atoms with van der Waals surface area (Å²) in [5, 5.41) is 14.0. The summed E-state index contributed by atoms with van der Waals surface area (Å²) in [6.07, 6.45) is 1.19. The molecule has 5 aromatic rings. The van der Waals surface area contributed by atoms with Crippen molar-refractivity contribution < 1.29 is 9.53 Å². The first-order valence-electron chi connectivity index (χ1n) is 10.7. The maximum atomic E-state index is 12.5. The molecule has 0 aliphatic rings. The summed E-state index contributed by atoms with van der Waals surface area (Å²) in [6, 6.07) is 23.9. The predicted molar refractivity (Wildman–Crippen MR) is 135 cm³/mol. The Morgan fingerprint density at radius 3 is 2.51 bits per heavy atom. The predicted octanol–water partition coefficient (Wildman–Crippen LogP) is 4.27. The van der Waals surface area contributed by atoms with Crippen LogP contribution in [-0.2, 0) is 4.79 Å². The van der Waals surface area contributed by atoms with E-state index in [4.69, 9.17) is 10.5 Å². The van der Waals surface area contributed by atoms with Crippen LogP contribution < -0.4 is 21.3 Å². The molecular formula is C26H20N6O3. The summed E-state index contributed by atoms with van der Waals surface area (Å²) in [4.78, 5) is 24.3. The quantitative estimate of drug-likeness (QED) is 0.322. The Morgan fingerprint density at radius 1 is 1.03 bits per heavy atom. The molecule has 0 fully saturated rings. The average Bonchev–Trinajstić information content (AvgIpc) is 3.30. The number of ether oxygens (including phenoxy) is 1. The molecular weight excluding hydrogens is 444 g/mol. The number of nitrogens with two attached hydrogens (primary N) is 1. The van der Waals surface area contributed by atoms with Gasteiger partial charge in [0.1, 0.15) is 11.5 Å². The molecule has 1 amide bonds. The third-order valence-corrected chi connectivity index (χ3v) is 5.28. The van der Waals surface area contributed by atoms with Crippen LogP contribution in [0.2, 0.25) is 0 Å². The van der Waals surface area contributed by atoms with Crippen LogP contribution in [0, 0.1) is 0 Å². The molecule has 2 heterocycles. The number of H-pyrrole nitrogens is 1. The second kappa shape index (κ2) is 8.99. The summed E-state index contributed by atoms with van der Waals surface area (Å²) in [7, 11) is 0. The van der Waals surface area contributed by atoms with Crippen LogP contribution in [0.3, 0.4) is 0 Å². The number of aromatic nitrogens is 4. The van der Waals surface area contributed by atoms with Crippen LogP contribution >= 0.6 is 0 Å². The van der Waals surface area contributed by atoms with Gasteiger partial charge in [0.2, 0.25) is 5.91 Å². The van der Waals surface area contributed by atoms with E-state index in [2.05, 4.69) is 27.2 Å². The smallest absolute Gasteiger partial charge is 0.292 e. The standard InChI is InChI=1S/C26H20N6O3/c1-2-21(33)28-17-7-6-8-18(15-17)32-24(22-23(31-32)26(34)30-29-25(22)27)16-11-13-20(14-12-16)35-19-9-4-3-5-10-19/h2-15H,1H2,(H2,27,29)(H,28,33)(H,30,34). The molecule has 0 aliphatic carbocycles. The number of aromatic amines is 1. The zero-order chi connectivity index (χ0) is 24.4. The molecule has 4 N–H and O–H groups in total. The maximum Gasteiger partial charge on any atom is 0.292 e. The molecule has 2 aromatic heterocycles. The largest absolute Gasteiger partial charge is 0.457 e. The minimum Gasteiger partial charge on any atom is -0.457 e. The molecule has 9 heteroatoms. The summed E-state index contributed by atoms with van der Waals surface area (Å²) in [5.41, 5.74) is 8.34. The van der Waals surface area contributed by atoms with Crippen LogP contribution in [0.15, 0.2) is 96.3 Å². The van der Waals surface area contributed by atoms with Crippen LogP contribution in [0.5, 0.6) is 11.5 Å². The summed E-state index contributed by atoms with van der Waals surface area (Å²) in [6.45, 7) is 3.47. The number of hydrogen-bond donors (Lipinski definition) is 3. The maximum absolute atomic E-state index is 12.5. The number of hydrogen-bond acceptors (Lipinski definition) is 6. The Kier molecular flexibility index (Phi) is 5.56. The Labute approximate surface area is 199 Å². The zero-order valence-electron chi connectivity index (χ0n) is 18.4. The van der Waals surface area contributed by atoms with Gasteiger partial charge in [0.15, 0.2) is 11.3 Å². The van der Waals surface area contributed by atoms with Gasteiger partial charge in [-0.2, -0.15) is 10.2 Å². The third kappa shape index (κ3) is 4.25. The molecule has 5 rings (SSSR count). The highest BCUT2D eigenvalue weighted by Crippen LogP contribution is 2.34. The van der Waals surface area contributed by atoms with E-state index in [1.807, 2.05) is 60.7 Å². The van der Waals surface area contributed by atoms with E-state index in [1.54, 1.807) is 22.9 Å². The van der Waals surface area contributed by atoms with Crippen molar-refractivity contribution in [2.75, 3.05) is 11.1 Å². The van der Waals surface area contributed by atoms with E-state index in [0.717, 1.165) is 5.56 Å². The van der Waals surface area contributed by atoms with Gasteiger partial charge in [-0.05, 0) is 60.7 Å².